The van der Waals surface area contributed by atoms with Crippen LogP contribution in [0.2, 0.25) is 0 Å². The van der Waals surface area contributed by atoms with Crippen molar-refractivity contribution in [3.63, 3.8) is 0 Å². The van der Waals surface area contributed by atoms with Crippen LogP contribution in [0.3, 0.4) is 0 Å². The standard InChI is InChI=1S/C10H18N4/c1-14-9(7-13-10(14)11)6-12-8-4-2-3-5-8/h7-8,12H,2-6H2,1H3,(H2,11,13). The smallest absolute Gasteiger partial charge is 0.200 e. The largest absolute Gasteiger partial charge is 0.369 e. The summed E-state index contributed by atoms with van der Waals surface area (Å²) < 4.78 is 1.93. The summed E-state index contributed by atoms with van der Waals surface area (Å²) in [5.41, 5.74) is 6.81. The van der Waals surface area contributed by atoms with Gasteiger partial charge in [0.15, 0.2) is 5.95 Å². The summed E-state index contributed by atoms with van der Waals surface area (Å²) in [6.45, 7) is 0.880. The molecule has 0 bridgehead atoms. The molecular weight excluding hydrogens is 176 g/mol. The summed E-state index contributed by atoms with van der Waals surface area (Å²) in [7, 11) is 1.95. The number of nitrogens with zero attached hydrogens (tertiary/aromatic N) is 2. The molecule has 0 aromatic carbocycles. The van der Waals surface area contributed by atoms with E-state index in [4.69, 9.17) is 5.73 Å². The molecule has 1 saturated carbocycles. The van der Waals surface area contributed by atoms with Crippen molar-refractivity contribution in [2.24, 2.45) is 7.05 Å². The molecule has 0 amide bonds. The molecule has 2 rings (SSSR count). The van der Waals surface area contributed by atoms with Gasteiger partial charge in [0, 0.05) is 19.6 Å². The average Bonchev–Trinajstić information content (AvgIpc) is 2.77. The fourth-order valence-electron chi connectivity index (χ4n) is 2.00. The van der Waals surface area contributed by atoms with E-state index in [1.54, 1.807) is 0 Å². The number of nitrogen functional groups attached to an aromatic ring is 1. The van der Waals surface area contributed by atoms with E-state index in [1.807, 2.05) is 17.8 Å². The molecule has 0 aliphatic heterocycles. The van der Waals surface area contributed by atoms with Gasteiger partial charge in [-0.15, -0.1) is 0 Å². The molecule has 0 saturated heterocycles. The highest BCUT2D eigenvalue weighted by molar-refractivity contribution is 5.21. The number of aromatic nitrogens is 2. The number of hydrogen-bond donors (Lipinski definition) is 2. The van der Waals surface area contributed by atoms with Gasteiger partial charge in [-0.1, -0.05) is 12.8 Å². The van der Waals surface area contributed by atoms with Crippen LogP contribution < -0.4 is 11.1 Å². The van der Waals surface area contributed by atoms with Crippen molar-refractivity contribution in [2.45, 2.75) is 38.3 Å². The third-order valence-corrected chi connectivity index (χ3v) is 3.05. The molecule has 0 spiro atoms. The maximum atomic E-state index is 5.65. The van der Waals surface area contributed by atoms with Crippen LogP contribution in [-0.4, -0.2) is 15.6 Å². The zero-order valence-corrected chi connectivity index (χ0v) is 8.66. The molecule has 3 N–H and O–H groups in total. The topological polar surface area (TPSA) is 55.9 Å². The first-order chi connectivity index (χ1) is 6.77. The number of anilines is 1. The number of nitrogens with two attached hydrogens (primary N) is 1. The Hall–Kier alpha value is -1.03. The van der Waals surface area contributed by atoms with E-state index in [0.29, 0.717) is 12.0 Å². The van der Waals surface area contributed by atoms with Crippen LogP contribution in [0.1, 0.15) is 31.4 Å². The predicted octanol–water partition coefficient (Wildman–Crippen LogP) is 1.03. The fraction of sp³-hybridized carbons (Fsp3) is 0.700. The molecular formula is C10H18N4. The second-order valence-corrected chi connectivity index (χ2v) is 4.03. The summed E-state index contributed by atoms with van der Waals surface area (Å²) in [5, 5.41) is 3.54. The number of imidazole rings is 1. The normalized spacial score (nSPS) is 17.8. The Labute approximate surface area is 84.5 Å². The van der Waals surface area contributed by atoms with Gasteiger partial charge in [0.1, 0.15) is 0 Å². The van der Waals surface area contributed by atoms with E-state index in [2.05, 4.69) is 10.3 Å². The minimum atomic E-state index is 0.591. The molecule has 1 aromatic rings. The second-order valence-electron chi connectivity index (χ2n) is 4.03. The van der Waals surface area contributed by atoms with Gasteiger partial charge in [-0.2, -0.15) is 0 Å². The van der Waals surface area contributed by atoms with E-state index in [9.17, 15) is 0 Å². The third kappa shape index (κ3) is 1.90. The van der Waals surface area contributed by atoms with Gasteiger partial charge in [-0.05, 0) is 12.8 Å². The minimum Gasteiger partial charge on any atom is -0.369 e. The molecule has 0 radical (unpaired) electrons. The van der Waals surface area contributed by atoms with E-state index in [0.717, 1.165) is 12.2 Å². The number of nitrogens with one attached hydrogen (secondary N) is 1. The Morgan fingerprint density at radius 1 is 1.57 bits per heavy atom. The van der Waals surface area contributed by atoms with Crippen LogP contribution in [-0.2, 0) is 13.6 Å². The average molecular weight is 194 g/mol. The maximum Gasteiger partial charge on any atom is 0.200 e. The summed E-state index contributed by atoms with van der Waals surface area (Å²) in [6, 6.07) is 0.700. The molecule has 0 unspecified atom stereocenters. The molecule has 1 aliphatic rings. The first-order valence-electron chi connectivity index (χ1n) is 5.27. The van der Waals surface area contributed by atoms with Crippen molar-refractivity contribution in [2.75, 3.05) is 5.73 Å². The van der Waals surface area contributed by atoms with E-state index < -0.39 is 0 Å². The maximum absolute atomic E-state index is 5.65. The highest BCUT2D eigenvalue weighted by atomic mass is 15.1. The molecule has 1 aromatic heterocycles. The quantitative estimate of drug-likeness (QED) is 0.755. The van der Waals surface area contributed by atoms with Crippen molar-refractivity contribution in [1.29, 1.82) is 0 Å². The van der Waals surface area contributed by atoms with Crippen molar-refractivity contribution >= 4 is 5.95 Å². The molecule has 78 valence electrons. The minimum absolute atomic E-state index is 0.591. The summed E-state index contributed by atoms with van der Waals surface area (Å²) in [4.78, 5) is 4.06. The van der Waals surface area contributed by atoms with E-state index in [-0.39, 0.29) is 0 Å². The predicted molar refractivity (Wildman–Crippen MR) is 56.7 cm³/mol. The molecule has 0 atom stereocenters. The van der Waals surface area contributed by atoms with Crippen molar-refractivity contribution in [3.8, 4) is 0 Å². The van der Waals surface area contributed by atoms with Crippen LogP contribution in [0, 0.1) is 0 Å². The lowest BCUT2D eigenvalue weighted by Crippen LogP contribution is -2.26. The van der Waals surface area contributed by atoms with Gasteiger partial charge < -0.3 is 15.6 Å². The Balaban J connectivity index is 1.88. The lowest BCUT2D eigenvalue weighted by atomic mass is 10.2. The van der Waals surface area contributed by atoms with Crippen LogP contribution in [0.15, 0.2) is 6.20 Å². The Morgan fingerprint density at radius 2 is 2.29 bits per heavy atom. The Kier molecular flexibility index (Phi) is 2.72. The lowest BCUT2D eigenvalue weighted by molar-refractivity contribution is 0.513. The summed E-state index contributed by atoms with van der Waals surface area (Å²) in [6.07, 6.45) is 7.20. The second kappa shape index (κ2) is 4.00. The van der Waals surface area contributed by atoms with E-state index >= 15 is 0 Å². The highest BCUT2D eigenvalue weighted by Gasteiger charge is 2.14. The molecule has 4 heteroatoms. The van der Waals surface area contributed by atoms with Crippen LogP contribution >= 0.6 is 0 Å². The van der Waals surface area contributed by atoms with Crippen molar-refractivity contribution < 1.29 is 0 Å². The lowest BCUT2D eigenvalue weighted by Gasteiger charge is -2.11. The molecule has 1 fully saturated rings. The van der Waals surface area contributed by atoms with Crippen LogP contribution in [0.4, 0.5) is 5.95 Å². The van der Waals surface area contributed by atoms with Crippen molar-refractivity contribution in [3.05, 3.63) is 11.9 Å². The van der Waals surface area contributed by atoms with Gasteiger partial charge in [-0.3, -0.25) is 0 Å². The van der Waals surface area contributed by atoms with Gasteiger partial charge in [0.2, 0.25) is 0 Å². The number of hydrogen-bond acceptors (Lipinski definition) is 3. The van der Waals surface area contributed by atoms with Crippen molar-refractivity contribution in [1.82, 2.24) is 14.9 Å². The summed E-state index contributed by atoms with van der Waals surface area (Å²) >= 11 is 0. The fourth-order valence-corrected chi connectivity index (χ4v) is 2.00. The third-order valence-electron chi connectivity index (χ3n) is 3.05. The monoisotopic (exact) mass is 194 g/mol. The first-order valence-corrected chi connectivity index (χ1v) is 5.27. The molecule has 1 heterocycles. The van der Waals surface area contributed by atoms with Crippen LogP contribution in [0.25, 0.3) is 0 Å². The molecule has 1 aliphatic carbocycles. The molecule has 14 heavy (non-hydrogen) atoms. The SMILES string of the molecule is Cn1c(CNC2CCCC2)cnc1N. The van der Waals surface area contributed by atoms with E-state index in [1.165, 1.54) is 25.7 Å². The van der Waals surface area contributed by atoms with Gasteiger partial charge >= 0.3 is 0 Å². The Bertz CT molecular complexity index is 299. The zero-order chi connectivity index (χ0) is 9.97. The summed E-state index contributed by atoms with van der Waals surface area (Å²) in [5.74, 6) is 0.591. The number of rotatable bonds is 3. The molecule has 4 nitrogen and oxygen atoms in total. The highest BCUT2D eigenvalue weighted by Crippen LogP contribution is 2.18. The van der Waals surface area contributed by atoms with Gasteiger partial charge in [0.05, 0.1) is 11.9 Å². The Morgan fingerprint density at radius 3 is 2.86 bits per heavy atom. The van der Waals surface area contributed by atoms with Gasteiger partial charge in [-0.25, -0.2) is 4.98 Å². The first kappa shape index (κ1) is 9.52. The zero-order valence-electron chi connectivity index (χ0n) is 8.66. The van der Waals surface area contributed by atoms with Gasteiger partial charge in [0.25, 0.3) is 0 Å². The van der Waals surface area contributed by atoms with Crippen LogP contribution in [0.5, 0.6) is 0 Å².